The van der Waals surface area contributed by atoms with E-state index in [0.717, 1.165) is 57.4 Å². The Morgan fingerprint density at radius 2 is 1.35 bits per heavy atom. The molecule has 0 saturated carbocycles. The van der Waals surface area contributed by atoms with Gasteiger partial charge >= 0.3 is 12.1 Å². The molecule has 0 unspecified atom stereocenters. The van der Waals surface area contributed by atoms with Crippen molar-refractivity contribution in [2.75, 3.05) is 44.9 Å². The van der Waals surface area contributed by atoms with Crippen molar-refractivity contribution in [3.8, 4) is 0 Å². The summed E-state index contributed by atoms with van der Waals surface area (Å²) in [6, 6.07) is 0. The van der Waals surface area contributed by atoms with Crippen molar-refractivity contribution in [3.05, 3.63) is 0 Å². The molecular weight excluding hydrogens is 412 g/mol. The van der Waals surface area contributed by atoms with Gasteiger partial charge in [-0.2, -0.15) is 0 Å². The van der Waals surface area contributed by atoms with Gasteiger partial charge < -0.3 is 20.1 Å². The lowest BCUT2D eigenvalue weighted by Gasteiger charge is -2.07. The second kappa shape index (κ2) is 25.3. The molecule has 0 aromatic carbocycles. The second-order valence-electron chi connectivity index (χ2n) is 8.07. The summed E-state index contributed by atoms with van der Waals surface area (Å²) in [5, 5.41) is 6.16. The van der Waals surface area contributed by atoms with Gasteiger partial charge in [0.05, 0.1) is 12.9 Å². The van der Waals surface area contributed by atoms with Gasteiger partial charge in [-0.25, -0.2) is 4.79 Å². The number of hydrogen-bond acceptors (Lipinski definition) is 5. The molecule has 7 heteroatoms. The summed E-state index contributed by atoms with van der Waals surface area (Å²) in [6.45, 7) is 5.86. The molecule has 0 aliphatic rings. The minimum absolute atomic E-state index is 0.0323. The monoisotopic (exact) mass is 461 g/mol. The van der Waals surface area contributed by atoms with Crippen LogP contribution < -0.4 is 10.6 Å². The van der Waals surface area contributed by atoms with E-state index < -0.39 is 0 Å². The summed E-state index contributed by atoms with van der Waals surface area (Å²) in [4.78, 5) is 23.1. The summed E-state index contributed by atoms with van der Waals surface area (Å²) < 4.78 is 10.3. The van der Waals surface area contributed by atoms with Crippen molar-refractivity contribution in [1.29, 1.82) is 0 Å². The topological polar surface area (TPSA) is 76.7 Å². The summed E-state index contributed by atoms with van der Waals surface area (Å²) in [7, 11) is 0. The van der Waals surface area contributed by atoms with Crippen LogP contribution in [0.2, 0.25) is 0 Å². The van der Waals surface area contributed by atoms with Crippen LogP contribution in [0.4, 0.5) is 4.79 Å². The molecule has 0 atom stereocenters. The third kappa shape index (κ3) is 25.2. The van der Waals surface area contributed by atoms with Crippen LogP contribution in [0.1, 0.15) is 96.8 Å². The Bertz CT molecular complexity index is 411. The van der Waals surface area contributed by atoms with E-state index in [2.05, 4.69) is 17.6 Å². The highest BCUT2D eigenvalue weighted by Crippen LogP contribution is 2.08. The van der Waals surface area contributed by atoms with Gasteiger partial charge in [-0.15, -0.1) is 0 Å². The van der Waals surface area contributed by atoms with Gasteiger partial charge in [-0.1, -0.05) is 64.7 Å². The Balaban J connectivity index is 3.20. The lowest BCUT2D eigenvalue weighted by atomic mass is 10.1. The molecule has 184 valence electrons. The second-order valence-corrected chi connectivity index (χ2v) is 9.15. The smallest absolute Gasteiger partial charge is 0.407 e. The number of esters is 1. The van der Waals surface area contributed by atoms with E-state index in [0.29, 0.717) is 26.2 Å². The fourth-order valence-electron chi connectivity index (χ4n) is 3.18. The summed E-state index contributed by atoms with van der Waals surface area (Å²) in [5.74, 6) is 0.855. The molecule has 0 radical (unpaired) electrons. The number of alkyl carbamates (subject to hydrolysis) is 1. The van der Waals surface area contributed by atoms with E-state index in [4.69, 9.17) is 9.47 Å². The SMILES string of the molecule is CCCCCCCCCOC(=O)CCCCCCCNCCCNC(=O)OCC[SH+]C. The van der Waals surface area contributed by atoms with E-state index in [1.54, 1.807) is 0 Å². The molecule has 0 rings (SSSR count). The van der Waals surface area contributed by atoms with E-state index in [-0.39, 0.29) is 12.1 Å². The molecule has 0 aliphatic heterocycles. The standard InChI is InChI=1S/C24H48N2O4S/c1-3-4-5-6-7-11-14-20-29-23(27)16-12-9-8-10-13-17-25-18-15-19-26-24(28)30-21-22-31-2/h25H,3-22H2,1-2H3,(H,26,28)/p+1. The molecule has 0 aromatic heterocycles. The van der Waals surface area contributed by atoms with Gasteiger partial charge in [0.1, 0.15) is 12.4 Å². The van der Waals surface area contributed by atoms with E-state index in [1.807, 2.05) is 6.26 Å². The van der Waals surface area contributed by atoms with Gasteiger partial charge in [-0.3, -0.25) is 4.79 Å². The number of hydrogen-bond donors (Lipinski definition) is 2. The molecule has 2 N–H and O–H groups in total. The average Bonchev–Trinajstić information content (AvgIpc) is 2.76. The number of carbonyl (C=O) groups excluding carboxylic acids is 2. The maximum absolute atomic E-state index is 11.7. The Hall–Kier alpha value is -0.950. The summed E-state index contributed by atoms with van der Waals surface area (Å²) in [6.07, 6.45) is 17.4. The van der Waals surface area contributed by atoms with Crippen molar-refractivity contribution < 1.29 is 19.1 Å². The van der Waals surface area contributed by atoms with Crippen LogP contribution in [0.3, 0.4) is 0 Å². The van der Waals surface area contributed by atoms with Gasteiger partial charge in [0, 0.05) is 13.0 Å². The minimum atomic E-state index is -0.315. The number of amides is 1. The molecule has 31 heavy (non-hydrogen) atoms. The molecule has 0 aromatic rings. The van der Waals surface area contributed by atoms with Crippen LogP contribution in [0, 0.1) is 0 Å². The van der Waals surface area contributed by atoms with Crippen molar-refractivity contribution in [2.24, 2.45) is 0 Å². The molecule has 0 aliphatic carbocycles. The predicted molar refractivity (Wildman–Crippen MR) is 133 cm³/mol. The molecule has 0 bridgehead atoms. The van der Waals surface area contributed by atoms with Crippen LogP contribution >= 0.6 is 0 Å². The van der Waals surface area contributed by atoms with Gasteiger partial charge in [-0.05, 0) is 50.5 Å². The first-order valence-corrected chi connectivity index (χ1v) is 14.1. The minimum Gasteiger partial charge on any atom is -0.466 e. The normalized spacial score (nSPS) is 10.8. The Labute approximate surface area is 195 Å². The van der Waals surface area contributed by atoms with Crippen molar-refractivity contribution >= 4 is 23.8 Å². The summed E-state index contributed by atoms with van der Waals surface area (Å²) in [5.41, 5.74) is 0. The Morgan fingerprint density at radius 3 is 2.10 bits per heavy atom. The first-order valence-electron chi connectivity index (χ1n) is 12.5. The summed E-state index contributed by atoms with van der Waals surface area (Å²) >= 11 is 1.24. The number of unbranched alkanes of at least 4 members (excludes halogenated alkanes) is 10. The van der Waals surface area contributed by atoms with Gasteiger partial charge in [0.2, 0.25) is 0 Å². The van der Waals surface area contributed by atoms with Crippen molar-refractivity contribution in [1.82, 2.24) is 10.6 Å². The highest BCUT2D eigenvalue weighted by atomic mass is 32.2. The van der Waals surface area contributed by atoms with E-state index >= 15 is 0 Å². The number of nitrogens with one attached hydrogen (secondary N) is 2. The molecular formula is C24H49N2O4S+. The zero-order valence-electron chi connectivity index (χ0n) is 20.2. The van der Waals surface area contributed by atoms with Crippen molar-refractivity contribution in [3.63, 3.8) is 0 Å². The fourth-order valence-corrected chi connectivity index (χ4v) is 3.45. The van der Waals surface area contributed by atoms with Crippen LogP contribution in [0.25, 0.3) is 0 Å². The number of ether oxygens (including phenoxy) is 2. The van der Waals surface area contributed by atoms with Crippen molar-refractivity contribution in [2.45, 2.75) is 96.8 Å². The highest BCUT2D eigenvalue weighted by molar-refractivity contribution is 7.77. The largest absolute Gasteiger partial charge is 0.466 e. The molecule has 1 amide bonds. The van der Waals surface area contributed by atoms with Crippen LogP contribution in [-0.4, -0.2) is 56.9 Å². The Morgan fingerprint density at radius 1 is 0.710 bits per heavy atom. The van der Waals surface area contributed by atoms with Gasteiger partial charge in [0.15, 0.2) is 0 Å². The number of thiol groups is 1. The Kier molecular flexibility index (Phi) is 24.5. The molecule has 0 fully saturated rings. The first kappa shape index (κ1) is 30.0. The van der Waals surface area contributed by atoms with E-state index in [1.165, 1.54) is 56.7 Å². The lowest BCUT2D eigenvalue weighted by molar-refractivity contribution is -0.143. The number of carbonyl (C=O) groups is 2. The van der Waals surface area contributed by atoms with E-state index in [9.17, 15) is 9.59 Å². The van der Waals surface area contributed by atoms with Crippen LogP contribution in [-0.2, 0) is 26.0 Å². The molecule has 6 nitrogen and oxygen atoms in total. The lowest BCUT2D eigenvalue weighted by Crippen LogP contribution is -2.28. The maximum Gasteiger partial charge on any atom is 0.407 e. The highest BCUT2D eigenvalue weighted by Gasteiger charge is 2.03. The average molecular weight is 462 g/mol. The quantitative estimate of drug-likeness (QED) is 0.0992. The molecule has 0 heterocycles. The zero-order valence-corrected chi connectivity index (χ0v) is 21.1. The predicted octanol–water partition coefficient (Wildman–Crippen LogP) is 4.77. The third-order valence-corrected chi connectivity index (χ3v) is 5.72. The van der Waals surface area contributed by atoms with Crippen LogP contribution in [0.15, 0.2) is 0 Å². The fraction of sp³-hybridized carbons (Fsp3) is 0.917. The maximum atomic E-state index is 11.7. The zero-order chi connectivity index (χ0) is 22.8. The molecule has 0 saturated heterocycles. The molecule has 0 spiro atoms. The number of rotatable bonds is 23. The van der Waals surface area contributed by atoms with Gasteiger partial charge in [0.25, 0.3) is 0 Å². The first-order chi connectivity index (χ1) is 15.2. The van der Waals surface area contributed by atoms with Crippen LogP contribution in [0.5, 0.6) is 0 Å². The third-order valence-electron chi connectivity index (χ3n) is 5.09.